The predicted molar refractivity (Wildman–Crippen MR) is 131 cm³/mol. The van der Waals surface area contributed by atoms with E-state index in [9.17, 15) is 14.9 Å². The van der Waals surface area contributed by atoms with E-state index >= 15 is 0 Å². The molecule has 0 radical (unpaired) electrons. The summed E-state index contributed by atoms with van der Waals surface area (Å²) in [6.45, 7) is 0. The minimum atomic E-state index is -0.608. The van der Waals surface area contributed by atoms with Gasteiger partial charge in [-0.1, -0.05) is 23.2 Å². The standard InChI is InChI=1S/C24H19Cl2N3O3S/c1-28-23(31)21-17-4-2-3-5-20(17)33-24(21)29-22(30)13(12-27)10-15-7-9-19(32-15)16-8-6-14(25)11-18(16)26/h6-11H,2-5H2,1H3,(H,28,31)(H,29,30)/b13-10+. The number of carbonyl (C=O) groups excluding carboxylic acids is 2. The molecular weight excluding hydrogens is 481 g/mol. The number of rotatable bonds is 5. The molecule has 0 aliphatic heterocycles. The number of thiophene rings is 1. The number of fused-ring (bicyclic) bond motifs is 1. The third-order valence-electron chi connectivity index (χ3n) is 5.33. The van der Waals surface area contributed by atoms with Crippen molar-refractivity contribution in [1.82, 2.24) is 5.32 Å². The van der Waals surface area contributed by atoms with Crippen LogP contribution in [0.4, 0.5) is 5.00 Å². The van der Waals surface area contributed by atoms with Crippen molar-refractivity contribution >= 4 is 57.4 Å². The molecule has 0 saturated carbocycles. The number of hydrogen-bond acceptors (Lipinski definition) is 5. The van der Waals surface area contributed by atoms with Gasteiger partial charge in [0.1, 0.15) is 28.2 Å². The first-order valence-electron chi connectivity index (χ1n) is 10.3. The van der Waals surface area contributed by atoms with Gasteiger partial charge in [0.25, 0.3) is 11.8 Å². The highest BCUT2D eigenvalue weighted by Crippen LogP contribution is 2.38. The first-order chi connectivity index (χ1) is 15.9. The molecule has 0 atom stereocenters. The molecule has 2 N–H and O–H groups in total. The summed E-state index contributed by atoms with van der Waals surface area (Å²) in [5.41, 5.74) is 1.97. The summed E-state index contributed by atoms with van der Waals surface area (Å²) in [5.74, 6) is -0.0559. The number of nitrogens with zero attached hydrogens (tertiary/aromatic N) is 1. The largest absolute Gasteiger partial charge is 0.457 e. The van der Waals surface area contributed by atoms with Gasteiger partial charge in [0.2, 0.25) is 0 Å². The number of amides is 2. The second kappa shape index (κ2) is 9.84. The van der Waals surface area contributed by atoms with Crippen molar-refractivity contribution in [2.75, 3.05) is 12.4 Å². The highest BCUT2D eigenvalue weighted by molar-refractivity contribution is 7.17. The van der Waals surface area contributed by atoms with Crippen molar-refractivity contribution in [1.29, 1.82) is 5.26 Å². The van der Waals surface area contributed by atoms with Crippen LogP contribution in [0.3, 0.4) is 0 Å². The molecule has 2 amide bonds. The monoisotopic (exact) mass is 499 g/mol. The molecule has 1 aromatic carbocycles. The first-order valence-corrected chi connectivity index (χ1v) is 11.8. The van der Waals surface area contributed by atoms with Gasteiger partial charge in [0.15, 0.2) is 0 Å². The zero-order chi connectivity index (χ0) is 23.5. The predicted octanol–water partition coefficient (Wildman–Crippen LogP) is 6.10. The number of halogens is 2. The Bertz CT molecular complexity index is 1320. The third-order valence-corrected chi connectivity index (χ3v) is 7.08. The topological polar surface area (TPSA) is 95.1 Å². The second-order valence-electron chi connectivity index (χ2n) is 7.44. The maximum atomic E-state index is 12.9. The summed E-state index contributed by atoms with van der Waals surface area (Å²) in [6, 6.07) is 10.3. The quantitative estimate of drug-likeness (QED) is 0.327. The van der Waals surface area contributed by atoms with E-state index in [0.717, 1.165) is 36.1 Å². The average Bonchev–Trinajstić information content (AvgIpc) is 3.41. The molecule has 0 fully saturated rings. The number of benzene rings is 1. The Morgan fingerprint density at radius 3 is 2.70 bits per heavy atom. The fraction of sp³-hybridized carbons (Fsp3) is 0.208. The maximum Gasteiger partial charge on any atom is 0.267 e. The maximum absolute atomic E-state index is 12.9. The highest BCUT2D eigenvalue weighted by Gasteiger charge is 2.26. The van der Waals surface area contributed by atoms with Crippen molar-refractivity contribution in [3.05, 3.63) is 67.7 Å². The lowest BCUT2D eigenvalue weighted by molar-refractivity contribution is -0.112. The van der Waals surface area contributed by atoms with Gasteiger partial charge >= 0.3 is 0 Å². The minimum Gasteiger partial charge on any atom is -0.457 e. The van der Waals surface area contributed by atoms with Gasteiger partial charge in [-0.25, -0.2) is 0 Å². The molecule has 2 aromatic heterocycles. The molecule has 0 spiro atoms. The molecule has 33 heavy (non-hydrogen) atoms. The lowest BCUT2D eigenvalue weighted by Gasteiger charge is -2.12. The molecule has 9 heteroatoms. The highest BCUT2D eigenvalue weighted by atomic mass is 35.5. The molecule has 2 heterocycles. The van der Waals surface area contributed by atoms with E-state index < -0.39 is 5.91 Å². The number of carbonyl (C=O) groups is 2. The molecule has 1 aliphatic rings. The van der Waals surface area contributed by atoms with E-state index in [2.05, 4.69) is 10.6 Å². The normalized spacial score (nSPS) is 13.2. The van der Waals surface area contributed by atoms with Crippen LogP contribution in [0.1, 0.15) is 39.4 Å². The first kappa shape index (κ1) is 23.1. The number of furan rings is 1. The minimum absolute atomic E-state index is 0.146. The number of hydrogen-bond donors (Lipinski definition) is 2. The van der Waals surface area contributed by atoms with Crippen LogP contribution in [-0.4, -0.2) is 18.9 Å². The Kier molecular flexibility index (Phi) is 6.89. The van der Waals surface area contributed by atoms with Crippen LogP contribution in [0.5, 0.6) is 0 Å². The van der Waals surface area contributed by atoms with Crippen molar-refractivity contribution < 1.29 is 14.0 Å². The van der Waals surface area contributed by atoms with E-state index in [1.807, 2.05) is 6.07 Å². The lowest BCUT2D eigenvalue weighted by Crippen LogP contribution is -2.22. The van der Waals surface area contributed by atoms with Crippen molar-refractivity contribution in [2.24, 2.45) is 0 Å². The van der Waals surface area contributed by atoms with Gasteiger partial charge in [0, 0.05) is 28.6 Å². The van der Waals surface area contributed by atoms with Crippen LogP contribution < -0.4 is 10.6 Å². The fourth-order valence-electron chi connectivity index (χ4n) is 3.74. The van der Waals surface area contributed by atoms with E-state index in [1.54, 1.807) is 37.4 Å². The summed E-state index contributed by atoms with van der Waals surface area (Å²) < 4.78 is 5.77. The Hall–Kier alpha value is -3.05. The summed E-state index contributed by atoms with van der Waals surface area (Å²) in [7, 11) is 1.56. The zero-order valence-electron chi connectivity index (χ0n) is 17.6. The van der Waals surface area contributed by atoms with E-state index in [4.69, 9.17) is 27.6 Å². The Morgan fingerprint density at radius 2 is 1.97 bits per heavy atom. The molecule has 1 aliphatic carbocycles. The van der Waals surface area contributed by atoms with Gasteiger partial charge in [-0.15, -0.1) is 11.3 Å². The Balaban J connectivity index is 1.60. The van der Waals surface area contributed by atoms with E-state index in [-0.39, 0.29) is 11.5 Å². The van der Waals surface area contributed by atoms with Crippen LogP contribution in [0.2, 0.25) is 10.0 Å². The van der Waals surface area contributed by atoms with E-state index in [0.29, 0.717) is 37.7 Å². The van der Waals surface area contributed by atoms with E-state index in [1.165, 1.54) is 17.4 Å². The van der Waals surface area contributed by atoms with Crippen molar-refractivity contribution in [3.63, 3.8) is 0 Å². The van der Waals surface area contributed by atoms with Crippen LogP contribution in [0.25, 0.3) is 17.4 Å². The molecule has 4 rings (SSSR count). The summed E-state index contributed by atoms with van der Waals surface area (Å²) in [6.07, 6.45) is 5.09. The number of nitrogens with one attached hydrogen (secondary N) is 2. The van der Waals surface area contributed by atoms with Crippen molar-refractivity contribution in [2.45, 2.75) is 25.7 Å². The zero-order valence-corrected chi connectivity index (χ0v) is 20.0. The van der Waals surface area contributed by atoms with Gasteiger partial charge in [0.05, 0.1) is 10.6 Å². The van der Waals surface area contributed by atoms with Crippen LogP contribution in [0.15, 0.2) is 40.3 Å². The smallest absolute Gasteiger partial charge is 0.267 e. The molecular formula is C24H19Cl2N3O3S. The number of aryl methyl sites for hydroxylation is 1. The molecule has 0 unspecified atom stereocenters. The summed E-state index contributed by atoms with van der Waals surface area (Å²) in [5, 5.41) is 16.4. The van der Waals surface area contributed by atoms with Crippen molar-refractivity contribution in [3.8, 4) is 17.4 Å². The molecule has 0 bridgehead atoms. The summed E-state index contributed by atoms with van der Waals surface area (Å²) >= 11 is 13.6. The molecule has 3 aromatic rings. The van der Waals surface area contributed by atoms with Gasteiger partial charge in [-0.05, 0) is 61.6 Å². The van der Waals surface area contributed by atoms with Crippen LogP contribution in [0, 0.1) is 11.3 Å². The van der Waals surface area contributed by atoms with Crippen LogP contribution in [-0.2, 0) is 17.6 Å². The number of nitriles is 1. The second-order valence-corrected chi connectivity index (χ2v) is 9.39. The third kappa shape index (κ3) is 4.83. The van der Waals surface area contributed by atoms with Gasteiger partial charge in [-0.2, -0.15) is 5.26 Å². The molecule has 168 valence electrons. The SMILES string of the molecule is CNC(=O)c1c(NC(=O)/C(C#N)=C/c2ccc(-c3ccc(Cl)cc3Cl)o2)sc2c1CCCC2. The number of anilines is 1. The van der Waals surface area contributed by atoms with Gasteiger partial charge < -0.3 is 15.1 Å². The fourth-order valence-corrected chi connectivity index (χ4v) is 5.53. The Morgan fingerprint density at radius 1 is 1.18 bits per heavy atom. The van der Waals surface area contributed by atoms with Crippen LogP contribution >= 0.6 is 34.5 Å². The van der Waals surface area contributed by atoms with Gasteiger partial charge in [-0.3, -0.25) is 9.59 Å². The Labute approximate surface area is 204 Å². The average molecular weight is 500 g/mol. The lowest BCUT2D eigenvalue weighted by atomic mass is 9.95. The summed E-state index contributed by atoms with van der Waals surface area (Å²) in [4.78, 5) is 26.5. The molecule has 6 nitrogen and oxygen atoms in total. The molecule has 0 saturated heterocycles.